The fourth-order valence-corrected chi connectivity index (χ4v) is 3.07. The van der Waals surface area contributed by atoms with Crippen molar-refractivity contribution in [1.82, 2.24) is 5.32 Å². The predicted octanol–water partition coefficient (Wildman–Crippen LogP) is 4.43. The Morgan fingerprint density at radius 3 is 2.40 bits per heavy atom. The zero-order valence-electron chi connectivity index (χ0n) is 18.0. The molecule has 0 radical (unpaired) electrons. The first-order valence-electron chi connectivity index (χ1n) is 9.75. The van der Waals surface area contributed by atoms with Crippen molar-refractivity contribution in [2.24, 2.45) is 0 Å². The quantitative estimate of drug-likeness (QED) is 0.592. The molecule has 1 N–H and O–H groups in total. The molecule has 0 spiro atoms. The molecule has 6 nitrogen and oxygen atoms in total. The van der Waals surface area contributed by atoms with Crippen LogP contribution in [0.1, 0.15) is 43.6 Å². The first-order chi connectivity index (χ1) is 14.2. The van der Waals surface area contributed by atoms with Gasteiger partial charge in [-0.05, 0) is 70.0 Å². The van der Waals surface area contributed by atoms with E-state index in [0.29, 0.717) is 35.1 Å². The van der Waals surface area contributed by atoms with E-state index in [1.807, 2.05) is 19.1 Å². The van der Waals surface area contributed by atoms with Crippen LogP contribution in [0.15, 0.2) is 42.5 Å². The lowest BCUT2D eigenvalue weighted by Crippen LogP contribution is -2.39. The number of esters is 1. The highest BCUT2D eigenvalue weighted by Crippen LogP contribution is 2.23. The van der Waals surface area contributed by atoms with Gasteiger partial charge in [-0.3, -0.25) is 4.79 Å². The molecule has 1 amide bonds. The maximum Gasteiger partial charge on any atom is 0.349 e. The molecule has 0 aliphatic heterocycles. The molecular weight excluding hydrogens is 406 g/mol. The Morgan fingerprint density at radius 2 is 1.80 bits per heavy atom. The van der Waals surface area contributed by atoms with Crippen molar-refractivity contribution >= 4 is 23.5 Å². The fraction of sp³-hybridized carbons (Fsp3) is 0.391. The molecule has 0 bridgehead atoms. The van der Waals surface area contributed by atoms with E-state index >= 15 is 0 Å². The van der Waals surface area contributed by atoms with Crippen molar-refractivity contribution in [3.05, 3.63) is 58.6 Å². The van der Waals surface area contributed by atoms with Crippen molar-refractivity contribution in [3.8, 4) is 11.5 Å². The summed E-state index contributed by atoms with van der Waals surface area (Å²) in [6, 6.07) is 12.2. The molecule has 0 heterocycles. The Bertz CT molecular complexity index is 880. The molecule has 0 saturated carbocycles. The third kappa shape index (κ3) is 6.39. The molecule has 1 atom stereocenters. The molecule has 2 aromatic rings. The highest BCUT2D eigenvalue weighted by atomic mass is 35.5. The number of rotatable bonds is 9. The van der Waals surface area contributed by atoms with Gasteiger partial charge in [0.1, 0.15) is 11.5 Å². The minimum atomic E-state index is -1.07. The van der Waals surface area contributed by atoms with E-state index in [1.54, 1.807) is 51.1 Å². The van der Waals surface area contributed by atoms with E-state index in [4.69, 9.17) is 25.8 Å². The van der Waals surface area contributed by atoms with Crippen LogP contribution in [0.5, 0.6) is 11.5 Å². The Kier molecular flexibility index (Phi) is 8.12. The van der Waals surface area contributed by atoms with Crippen LogP contribution in [-0.4, -0.2) is 37.2 Å². The standard InChI is InChI=1S/C23H28ClNO5/c1-6-29-22(27)23(3,4)30-18-10-7-16(8-11-18)13-15(2)25-21(26)19-14-17(24)9-12-20(19)28-5/h7-12,14-15H,6,13H2,1-5H3,(H,25,26). The minimum absolute atomic E-state index is 0.121. The van der Waals surface area contributed by atoms with Crippen LogP contribution in [0.25, 0.3) is 0 Å². The highest BCUT2D eigenvalue weighted by molar-refractivity contribution is 6.31. The number of benzene rings is 2. The van der Waals surface area contributed by atoms with Gasteiger partial charge in [-0.15, -0.1) is 0 Å². The lowest BCUT2D eigenvalue weighted by atomic mass is 10.1. The molecule has 30 heavy (non-hydrogen) atoms. The third-order valence-corrected chi connectivity index (χ3v) is 4.62. The Labute approximate surface area is 182 Å². The molecule has 7 heteroatoms. The molecule has 1 unspecified atom stereocenters. The number of methoxy groups -OCH3 is 1. The van der Waals surface area contributed by atoms with Gasteiger partial charge in [-0.2, -0.15) is 0 Å². The molecular formula is C23H28ClNO5. The van der Waals surface area contributed by atoms with Crippen LogP contribution in [0, 0.1) is 0 Å². The lowest BCUT2D eigenvalue weighted by Gasteiger charge is -2.24. The van der Waals surface area contributed by atoms with Gasteiger partial charge in [0.2, 0.25) is 0 Å². The summed E-state index contributed by atoms with van der Waals surface area (Å²) < 4.78 is 16.0. The van der Waals surface area contributed by atoms with E-state index in [2.05, 4.69) is 5.32 Å². The van der Waals surface area contributed by atoms with Crippen molar-refractivity contribution in [2.45, 2.75) is 45.8 Å². The number of hydrogen-bond donors (Lipinski definition) is 1. The smallest absolute Gasteiger partial charge is 0.349 e. The Morgan fingerprint density at radius 1 is 1.13 bits per heavy atom. The van der Waals surface area contributed by atoms with Gasteiger partial charge in [0, 0.05) is 11.1 Å². The average molecular weight is 434 g/mol. The van der Waals surface area contributed by atoms with E-state index in [1.165, 1.54) is 7.11 Å². The van der Waals surface area contributed by atoms with Crippen LogP contribution >= 0.6 is 11.6 Å². The molecule has 2 aromatic carbocycles. The SMILES string of the molecule is CCOC(=O)C(C)(C)Oc1ccc(CC(C)NC(=O)c2cc(Cl)ccc2OC)cc1. The van der Waals surface area contributed by atoms with Crippen molar-refractivity contribution in [3.63, 3.8) is 0 Å². The summed E-state index contributed by atoms with van der Waals surface area (Å²) in [5.74, 6) is 0.367. The largest absolute Gasteiger partial charge is 0.496 e. The van der Waals surface area contributed by atoms with Gasteiger partial charge in [-0.25, -0.2) is 4.79 Å². The number of carbonyl (C=O) groups excluding carboxylic acids is 2. The summed E-state index contributed by atoms with van der Waals surface area (Å²) in [5, 5.41) is 3.43. The van der Waals surface area contributed by atoms with Gasteiger partial charge >= 0.3 is 5.97 Å². The first kappa shape index (κ1) is 23.5. The first-order valence-corrected chi connectivity index (χ1v) is 10.1. The second kappa shape index (κ2) is 10.3. The van der Waals surface area contributed by atoms with E-state index in [-0.39, 0.29) is 11.9 Å². The van der Waals surface area contributed by atoms with Crippen LogP contribution < -0.4 is 14.8 Å². The molecule has 0 fully saturated rings. The number of nitrogens with one attached hydrogen (secondary N) is 1. The van der Waals surface area contributed by atoms with E-state index < -0.39 is 11.6 Å². The molecule has 0 aromatic heterocycles. The van der Waals surface area contributed by atoms with Gasteiger partial charge < -0.3 is 19.5 Å². The average Bonchev–Trinajstić information content (AvgIpc) is 2.69. The van der Waals surface area contributed by atoms with Crippen molar-refractivity contribution in [2.75, 3.05) is 13.7 Å². The minimum Gasteiger partial charge on any atom is -0.496 e. The summed E-state index contributed by atoms with van der Waals surface area (Å²) in [7, 11) is 1.51. The summed E-state index contributed by atoms with van der Waals surface area (Å²) in [6.07, 6.45) is 0.621. The monoisotopic (exact) mass is 433 g/mol. The normalized spacial score (nSPS) is 12.1. The van der Waals surface area contributed by atoms with Gasteiger partial charge in [0.05, 0.1) is 19.3 Å². The van der Waals surface area contributed by atoms with E-state index in [9.17, 15) is 9.59 Å². The maximum atomic E-state index is 12.6. The van der Waals surface area contributed by atoms with Gasteiger partial charge in [0.15, 0.2) is 5.60 Å². The predicted molar refractivity (Wildman–Crippen MR) is 116 cm³/mol. The van der Waals surface area contributed by atoms with Gasteiger partial charge in [0.25, 0.3) is 5.91 Å². The van der Waals surface area contributed by atoms with E-state index in [0.717, 1.165) is 5.56 Å². The summed E-state index contributed by atoms with van der Waals surface area (Å²) in [6.45, 7) is 7.31. The lowest BCUT2D eigenvalue weighted by molar-refractivity contribution is -0.158. The Hall–Kier alpha value is -2.73. The van der Waals surface area contributed by atoms with Crippen LogP contribution in [0.4, 0.5) is 0 Å². The van der Waals surface area contributed by atoms with Crippen molar-refractivity contribution < 1.29 is 23.8 Å². The molecule has 0 aliphatic rings. The van der Waals surface area contributed by atoms with Gasteiger partial charge in [-0.1, -0.05) is 23.7 Å². The second-order valence-corrected chi connectivity index (χ2v) is 7.84. The molecule has 0 aliphatic carbocycles. The number of ether oxygens (including phenoxy) is 3. The number of hydrogen-bond acceptors (Lipinski definition) is 5. The zero-order valence-corrected chi connectivity index (χ0v) is 18.7. The number of carbonyl (C=O) groups is 2. The second-order valence-electron chi connectivity index (χ2n) is 7.40. The summed E-state index contributed by atoms with van der Waals surface area (Å²) in [4.78, 5) is 24.6. The number of amides is 1. The zero-order chi connectivity index (χ0) is 22.3. The van der Waals surface area contributed by atoms with Crippen molar-refractivity contribution in [1.29, 1.82) is 0 Å². The maximum absolute atomic E-state index is 12.6. The third-order valence-electron chi connectivity index (χ3n) is 4.39. The molecule has 2 rings (SSSR count). The Balaban J connectivity index is 1.98. The summed E-state index contributed by atoms with van der Waals surface area (Å²) >= 11 is 6.01. The molecule has 0 saturated heterocycles. The van der Waals surface area contributed by atoms with Crippen LogP contribution in [0.2, 0.25) is 5.02 Å². The van der Waals surface area contributed by atoms with Crippen LogP contribution in [0.3, 0.4) is 0 Å². The van der Waals surface area contributed by atoms with Crippen LogP contribution in [-0.2, 0) is 16.0 Å². The topological polar surface area (TPSA) is 73.9 Å². The fourth-order valence-electron chi connectivity index (χ4n) is 2.90. The molecule has 162 valence electrons. The highest BCUT2D eigenvalue weighted by Gasteiger charge is 2.31. The summed E-state index contributed by atoms with van der Waals surface area (Å²) in [5.41, 5.74) is 0.332. The number of halogens is 1.